The largest absolute Gasteiger partial charge is 0.455 e. The third kappa shape index (κ3) is 3.14. The van der Waals surface area contributed by atoms with Crippen molar-refractivity contribution in [2.75, 3.05) is 0 Å². The van der Waals surface area contributed by atoms with Crippen molar-refractivity contribution in [3.63, 3.8) is 0 Å². The first-order chi connectivity index (χ1) is 20.4. The van der Waals surface area contributed by atoms with Crippen LogP contribution in [0, 0.1) is 0 Å². The highest BCUT2D eigenvalue weighted by Gasteiger charge is 2.23. The molecule has 41 heavy (non-hydrogen) atoms. The number of rotatable bonds is 3. The summed E-state index contributed by atoms with van der Waals surface area (Å²) in [5.74, 6) is 0. The molecule has 0 spiro atoms. The molecule has 3 aromatic heterocycles. The number of hydrogen-bond donors (Lipinski definition) is 0. The van der Waals surface area contributed by atoms with Gasteiger partial charge in [0, 0.05) is 43.9 Å². The summed E-state index contributed by atoms with van der Waals surface area (Å²) in [6.45, 7) is 0. The summed E-state index contributed by atoms with van der Waals surface area (Å²) in [5, 5.41) is 4.39. The highest BCUT2D eigenvalue weighted by Crippen LogP contribution is 2.45. The van der Waals surface area contributed by atoms with E-state index in [1.807, 2.05) is 6.07 Å². The molecule has 0 aliphatic heterocycles. The van der Waals surface area contributed by atoms with Crippen molar-refractivity contribution in [1.82, 2.24) is 4.57 Å². The molecule has 0 atom stereocenters. The minimum absolute atomic E-state index is 0.865. The Bertz CT molecular complexity index is 2410. The number of benzene rings is 6. The summed E-state index contributed by atoms with van der Waals surface area (Å²) < 4.78 is 15.9. The normalized spacial score (nSPS) is 11.9. The molecule has 0 saturated carbocycles. The van der Waals surface area contributed by atoms with Crippen molar-refractivity contribution in [3.05, 3.63) is 140 Å². The van der Waals surface area contributed by atoms with E-state index in [2.05, 4.69) is 138 Å². The molecular formula is C38H23NO2. The lowest BCUT2D eigenvalue weighted by molar-refractivity contribution is 0.667. The maximum Gasteiger partial charge on any atom is 0.161 e. The fourth-order valence-electron chi connectivity index (χ4n) is 6.43. The van der Waals surface area contributed by atoms with Gasteiger partial charge < -0.3 is 13.4 Å². The summed E-state index contributed by atoms with van der Waals surface area (Å²) in [6, 6.07) is 48.6. The molecule has 9 rings (SSSR count). The monoisotopic (exact) mass is 525 g/mol. The smallest absolute Gasteiger partial charge is 0.161 e. The summed E-state index contributed by atoms with van der Waals surface area (Å²) in [4.78, 5) is 0. The molecule has 6 aromatic carbocycles. The quantitative estimate of drug-likeness (QED) is 0.230. The Morgan fingerprint density at radius 3 is 1.61 bits per heavy atom. The molecule has 0 aliphatic rings. The topological polar surface area (TPSA) is 31.2 Å². The Morgan fingerprint density at radius 1 is 0.366 bits per heavy atom. The number of furan rings is 2. The average Bonchev–Trinajstić information content (AvgIpc) is 3.71. The highest BCUT2D eigenvalue weighted by molar-refractivity contribution is 6.20. The van der Waals surface area contributed by atoms with Gasteiger partial charge in [-0.3, -0.25) is 0 Å². The van der Waals surface area contributed by atoms with Crippen molar-refractivity contribution in [2.45, 2.75) is 0 Å². The van der Waals surface area contributed by atoms with E-state index >= 15 is 0 Å². The Kier molecular flexibility index (Phi) is 4.61. The summed E-state index contributed by atoms with van der Waals surface area (Å²) in [5.41, 5.74) is 11.1. The van der Waals surface area contributed by atoms with Crippen LogP contribution >= 0.6 is 0 Å². The minimum atomic E-state index is 0.865. The standard InChI is InChI=1S/C38H23NO2/c1-3-12-24(13-4-1)26-17-9-18-27-28-19-10-20-29(36(28)40-35(26)27)30-21-11-22-32-34-38(41-37(30)32)31-16-7-8-23-33(31)39(34)25-14-5-2-6-15-25/h1-23H. The zero-order valence-corrected chi connectivity index (χ0v) is 22.0. The molecule has 0 bridgehead atoms. The van der Waals surface area contributed by atoms with Gasteiger partial charge in [-0.1, -0.05) is 109 Å². The molecule has 0 saturated heterocycles. The first-order valence-corrected chi connectivity index (χ1v) is 13.9. The van der Waals surface area contributed by atoms with Crippen LogP contribution in [0.3, 0.4) is 0 Å². The van der Waals surface area contributed by atoms with Gasteiger partial charge >= 0.3 is 0 Å². The molecule has 3 heterocycles. The second-order valence-corrected chi connectivity index (χ2v) is 10.5. The van der Waals surface area contributed by atoms with Crippen molar-refractivity contribution in [2.24, 2.45) is 0 Å². The molecule has 0 N–H and O–H groups in total. The van der Waals surface area contributed by atoms with Gasteiger partial charge in [0.2, 0.25) is 0 Å². The highest BCUT2D eigenvalue weighted by atomic mass is 16.3. The Labute approximate surface area is 235 Å². The van der Waals surface area contributed by atoms with Gasteiger partial charge in [0.1, 0.15) is 22.3 Å². The molecule has 0 radical (unpaired) electrons. The van der Waals surface area contributed by atoms with Crippen molar-refractivity contribution in [1.29, 1.82) is 0 Å². The Morgan fingerprint density at radius 2 is 0.878 bits per heavy atom. The van der Waals surface area contributed by atoms with Crippen LogP contribution in [0.4, 0.5) is 0 Å². The van der Waals surface area contributed by atoms with Crippen molar-refractivity contribution >= 4 is 54.9 Å². The average molecular weight is 526 g/mol. The van der Waals surface area contributed by atoms with Crippen LogP contribution in [0.5, 0.6) is 0 Å². The van der Waals surface area contributed by atoms with Crippen LogP contribution in [0.25, 0.3) is 82.9 Å². The van der Waals surface area contributed by atoms with Gasteiger partial charge in [0.15, 0.2) is 5.58 Å². The predicted octanol–water partition coefficient (Wildman–Crippen LogP) is 10.8. The number of fused-ring (bicyclic) bond motifs is 8. The van der Waals surface area contributed by atoms with Crippen LogP contribution in [0.15, 0.2) is 148 Å². The molecule has 0 amide bonds. The molecular weight excluding hydrogens is 502 g/mol. The summed E-state index contributed by atoms with van der Waals surface area (Å²) in [7, 11) is 0. The SMILES string of the molecule is c1ccc(-c2cccc3c2oc2c(-c4cccc5c4oc4c6ccccc6n(-c6ccccc6)c54)cccc23)cc1. The lowest BCUT2D eigenvalue weighted by Crippen LogP contribution is -1.92. The Hall–Kier alpha value is -5.54. The third-order valence-corrected chi connectivity index (χ3v) is 8.22. The molecule has 3 nitrogen and oxygen atoms in total. The lowest BCUT2D eigenvalue weighted by Gasteiger charge is -2.08. The van der Waals surface area contributed by atoms with Gasteiger partial charge in [-0.15, -0.1) is 0 Å². The minimum Gasteiger partial charge on any atom is -0.455 e. The number of nitrogens with zero attached hydrogens (tertiary/aromatic N) is 1. The maximum atomic E-state index is 6.81. The van der Waals surface area contributed by atoms with E-state index in [1.54, 1.807) is 0 Å². The number of aromatic nitrogens is 1. The van der Waals surface area contributed by atoms with E-state index in [0.717, 1.165) is 82.9 Å². The van der Waals surface area contributed by atoms with Gasteiger partial charge in [-0.05, 0) is 35.9 Å². The second kappa shape index (κ2) is 8.48. The van der Waals surface area contributed by atoms with Gasteiger partial charge in [0.05, 0.1) is 5.52 Å². The van der Waals surface area contributed by atoms with Crippen molar-refractivity contribution in [3.8, 4) is 27.9 Å². The molecule has 0 unspecified atom stereocenters. The summed E-state index contributed by atoms with van der Waals surface area (Å²) in [6.07, 6.45) is 0. The zero-order chi connectivity index (χ0) is 26.9. The van der Waals surface area contributed by atoms with Gasteiger partial charge in [0.25, 0.3) is 0 Å². The molecule has 3 heteroatoms. The van der Waals surface area contributed by atoms with Crippen LogP contribution in [-0.4, -0.2) is 4.57 Å². The van der Waals surface area contributed by atoms with Crippen LogP contribution in [0.1, 0.15) is 0 Å². The summed E-state index contributed by atoms with van der Waals surface area (Å²) >= 11 is 0. The third-order valence-electron chi connectivity index (χ3n) is 8.22. The van der Waals surface area contributed by atoms with E-state index < -0.39 is 0 Å². The van der Waals surface area contributed by atoms with E-state index in [1.165, 1.54) is 0 Å². The lowest BCUT2D eigenvalue weighted by atomic mass is 9.99. The van der Waals surface area contributed by atoms with E-state index in [4.69, 9.17) is 8.83 Å². The van der Waals surface area contributed by atoms with E-state index in [-0.39, 0.29) is 0 Å². The van der Waals surface area contributed by atoms with Gasteiger partial charge in [-0.2, -0.15) is 0 Å². The molecule has 0 fully saturated rings. The number of hydrogen-bond acceptors (Lipinski definition) is 2. The van der Waals surface area contributed by atoms with Crippen molar-refractivity contribution < 1.29 is 8.83 Å². The van der Waals surface area contributed by atoms with E-state index in [0.29, 0.717) is 0 Å². The fraction of sp³-hybridized carbons (Fsp3) is 0. The first kappa shape index (κ1) is 22.3. The number of para-hydroxylation sites is 5. The second-order valence-electron chi connectivity index (χ2n) is 10.5. The van der Waals surface area contributed by atoms with Gasteiger partial charge in [-0.25, -0.2) is 0 Å². The first-order valence-electron chi connectivity index (χ1n) is 13.9. The molecule has 192 valence electrons. The maximum absolute atomic E-state index is 6.81. The molecule has 0 aliphatic carbocycles. The Balaban J connectivity index is 1.36. The molecule has 9 aromatic rings. The van der Waals surface area contributed by atoms with Crippen LogP contribution in [-0.2, 0) is 0 Å². The van der Waals surface area contributed by atoms with Crippen LogP contribution in [0.2, 0.25) is 0 Å². The predicted molar refractivity (Wildman–Crippen MR) is 169 cm³/mol. The fourth-order valence-corrected chi connectivity index (χ4v) is 6.43. The van der Waals surface area contributed by atoms with E-state index in [9.17, 15) is 0 Å². The zero-order valence-electron chi connectivity index (χ0n) is 22.0. The van der Waals surface area contributed by atoms with Crippen LogP contribution < -0.4 is 0 Å².